The summed E-state index contributed by atoms with van der Waals surface area (Å²) in [5, 5.41) is 2.94. The Morgan fingerprint density at radius 1 is 1.17 bits per heavy atom. The molecule has 1 heterocycles. The molecule has 2 atom stereocenters. The van der Waals surface area contributed by atoms with Gasteiger partial charge in [-0.3, -0.25) is 4.79 Å². The van der Waals surface area contributed by atoms with Gasteiger partial charge in [-0.15, -0.1) is 0 Å². The van der Waals surface area contributed by atoms with Crippen molar-refractivity contribution in [1.82, 2.24) is 0 Å². The molecule has 1 N–H and O–H groups in total. The van der Waals surface area contributed by atoms with Crippen molar-refractivity contribution in [3.8, 4) is 0 Å². The molecule has 1 aliphatic rings. The Hall–Kier alpha value is -1.85. The van der Waals surface area contributed by atoms with Gasteiger partial charge >= 0.3 is 0 Å². The lowest BCUT2D eigenvalue weighted by Crippen LogP contribution is -2.47. The summed E-state index contributed by atoms with van der Waals surface area (Å²) in [5.41, 5.74) is 2.56. The third-order valence-corrected chi connectivity index (χ3v) is 4.87. The van der Waals surface area contributed by atoms with Crippen molar-refractivity contribution in [3.63, 3.8) is 0 Å². The highest BCUT2D eigenvalue weighted by Gasteiger charge is 2.23. The van der Waals surface area contributed by atoms with Gasteiger partial charge in [0, 0.05) is 28.4 Å². The maximum absolute atomic E-state index is 12.3. The van der Waals surface area contributed by atoms with Crippen molar-refractivity contribution in [2.24, 2.45) is 0 Å². The largest absolute Gasteiger partial charge is 0.375 e. The molecule has 1 fully saturated rings. The van der Waals surface area contributed by atoms with Crippen LogP contribution in [0.25, 0.3) is 0 Å². The van der Waals surface area contributed by atoms with Gasteiger partial charge in [0.1, 0.15) is 0 Å². The highest BCUT2D eigenvalue weighted by atomic mass is 79.9. The van der Waals surface area contributed by atoms with Crippen molar-refractivity contribution < 1.29 is 9.53 Å². The number of nitrogens with zero attached hydrogens (tertiary/aromatic N) is 1. The summed E-state index contributed by atoms with van der Waals surface area (Å²) in [6, 6.07) is 15.7. The van der Waals surface area contributed by atoms with E-state index >= 15 is 0 Å². The van der Waals surface area contributed by atoms with Crippen LogP contribution in [0.5, 0.6) is 0 Å². The van der Waals surface area contributed by atoms with Crippen LogP contribution in [0.2, 0.25) is 0 Å². The molecule has 2 unspecified atom stereocenters. The molecular weight excluding hydrogens is 368 g/mol. The van der Waals surface area contributed by atoms with Crippen LogP contribution in [0.1, 0.15) is 24.2 Å². The van der Waals surface area contributed by atoms with E-state index in [0.717, 1.165) is 29.0 Å². The number of carbonyl (C=O) groups excluding carboxylic acids is 1. The van der Waals surface area contributed by atoms with Crippen LogP contribution in [-0.2, 0) is 4.74 Å². The lowest BCUT2D eigenvalue weighted by molar-refractivity contribution is 0.0344. The molecule has 0 aliphatic carbocycles. The number of halogens is 1. The third kappa shape index (κ3) is 3.79. The van der Waals surface area contributed by atoms with E-state index in [1.54, 1.807) is 6.07 Å². The number of amides is 1. The Bertz CT molecular complexity index is 718. The monoisotopic (exact) mass is 388 g/mol. The second-order valence-corrected chi connectivity index (χ2v) is 6.98. The first-order chi connectivity index (χ1) is 11.5. The average molecular weight is 389 g/mol. The van der Waals surface area contributed by atoms with E-state index in [9.17, 15) is 4.79 Å². The van der Waals surface area contributed by atoms with E-state index in [2.05, 4.69) is 40.0 Å². The lowest BCUT2D eigenvalue weighted by atomic mass is 10.1. The number of nitrogens with one attached hydrogen (secondary N) is 1. The predicted molar refractivity (Wildman–Crippen MR) is 101 cm³/mol. The molecule has 0 bridgehead atoms. The van der Waals surface area contributed by atoms with Crippen molar-refractivity contribution in [2.75, 3.05) is 23.4 Å². The van der Waals surface area contributed by atoms with E-state index in [4.69, 9.17) is 4.74 Å². The zero-order chi connectivity index (χ0) is 17.1. The van der Waals surface area contributed by atoms with Crippen molar-refractivity contribution in [1.29, 1.82) is 0 Å². The van der Waals surface area contributed by atoms with E-state index in [0.29, 0.717) is 11.6 Å². The molecule has 1 aliphatic heterocycles. The fourth-order valence-electron chi connectivity index (χ4n) is 2.84. The highest BCUT2D eigenvalue weighted by molar-refractivity contribution is 9.10. The van der Waals surface area contributed by atoms with Gasteiger partial charge in [0.2, 0.25) is 0 Å². The van der Waals surface area contributed by atoms with E-state index in [1.165, 1.54) is 0 Å². The van der Waals surface area contributed by atoms with Gasteiger partial charge in [0.05, 0.1) is 18.3 Å². The van der Waals surface area contributed by atoms with E-state index in [1.807, 2.05) is 42.5 Å². The van der Waals surface area contributed by atoms with Gasteiger partial charge in [-0.05, 0) is 66.2 Å². The molecule has 3 rings (SSSR count). The Labute approximate surface area is 150 Å². The van der Waals surface area contributed by atoms with E-state index < -0.39 is 0 Å². The first-order valence-electron chi connectivity index (χ1n) is 8.09. The summed E-state index contributed by atoms with van der Waals surface area (Å²) in [6.45, 7) is 5.87. The summed E-state index contributed by atoms with van der Waals surface area (Å²) in [5.74, 6) is -0.122. The molecule has 0 radical (unpaired) electrons. The summed E-state index contributed by atoms with van der Waals surface area (Å²) in [7, 11) is 0. The number of rotatable bonds is 3. The molecule has 0 aromatic heterocycles. The maximum atomic E-state index is 12.3. The molecule has 1 amide bonds. The number of hydrogen-bond donors (Lipinski definition) is 1. The minimum atomic E-state index is -0.122. The zero-order valence-corrected chi connectivity index (χ0v) is 15.4. The van der Waals surface area contributed by atoms with E-state index in [-0.39, 0.29) is 12.0 Å². The van der Waals surface area contributed by atoms with Gasteiger partial charge in [-0.1, -0.05) is 12.1 Å². The first-order valence-corrected chi connectivity index (χ1v) is 8.88. The minimum absolute atomic E-state index is 0.122. The predicted octanol–water partition coefficient (Wildman–Crippen LogP) is 4.32. The molecule has 2 aromatic carbocycles. The normalized spacial score (nSPS) is 20.7. The van der Waals surface area contributed by atoms with Crippen LogP contribution in [0, 0.1) is 0 Å². The van der Waals surface area contributed by atoms with Crippen LogP contribution in [-0.4, -0.2) is 31.2 Å². The number of morpholine rings is 1. The van der Waals surface area contributed by atoms with Gasteiger partial charge in [-0.2, -0.15) is 0 Å². The van der Waals surface area contributed by atoms with Crippen molar-refractivity contribution >= 4 is 33.2 Å². The Kier molecular flexibility index (Phi) is 5.21. The van der Waals surface area contributed by atoms with Crippen LogP contribution in [0.15, 0.2) is 53.0 Å². The molecule has 2 aromatic rings. The second kappa shape index (κ2) is 7.36. The standard InChI is InChI=1S/C19H21BrN2O2/c1-13-12-24-14(2)11-22(13)16-9-7-15(8-10-16)21-19(23)17-5-3-4-6-18(17)20/h3-10,13-14H,11-12H2,1-2H3,(H,21,23). The topological polar surface area (TPSA) is 41.6 Å². The van der Waals surface area contributed by atoms with Gasteiger partial charge in [0.15, 0.2) is 0 Å². The second-order valence-electron chi connectivity index (χ2n) is 6.13. The number of benzene rings is 2. The van der Waals surface area contributed by atoms with Gasteiger partial charge < -0.3 is 15.0 Å². The molecule has 4 nitrogen and oxygen atoms in total. The molecule has 0 saturated carbocycles. The molecule has 0 spiro atoms. The quantitative estimate of drug-likeness (QED) is 0.851. The third-order valence-electron chi connectivity index (χ3n) is 4.18. The highest BCUT2D eigenvalue weighted by Crippen LogP contribution is 2.24. The summed E-state index contributed by atoms with van der Waals surface area (Å²) in [4.78, 5) is 14.7. The zero-order valence-electron chi connectivity index (χ0n) is 13.8. The van der Waals surface area contributed by atoms with Gasteiger partial charge in [0.25, 0.3) is 5.91 Å². The summed E-state index contributed by atoms with van der Waals surface area (Å²) in [6.07, 6.45) is 0.232. The van der Waals surface area contributed by atoms with Crippen molar-refractivity contribution in [3.05, 3.63) is 58.6 Å². The molecule has 24 heavy (non-hydrogen) atoms. The first kappa shape index (κ1) is 17.0. The fraction of sp³-hybridized carbons (Fsp3) is 0.316. The van der Waals surface area contributed by atoms with Crippen LogP contribution >= 0.6 is 15.9 Å². The Morgan fingerprint density at radius 2 is 1.88 bits per heavy atom. The molecule has 1 saturated heterocycles. The Morgan fingerprint density at radius 3 is 2.58 bits per heavy atom. The van der Waals surface area contributed by atoms with Gasteiger partial charge in [-0.25, -0.2) is 0 Å². The number of anilines is 2. The smallest absolute Gasteiger partial charge is 0.256 e. The number of carbonyl (C=O) groups is 1. The Balaban J connectivity index is 1.71. The molecular formula is C19H21BrN2O2. The summed E-state index contributed by atoms with van der Waals surface area (Å²) < 4.78 is 6.46. The van der Waals surface area contributed by atoms with Crippen LogP contribution in [0.3, 0.4) is 0 Å². The van der Waals surface area contributed by atoms with Crippen molar-refractivity contribution in [2.45, 2.75) is 26.0 Å². The number of hydrogen-bond acceptors (Lipinski definition) is 3. The summed E-state index contributed by atoms with van der Waals surface area (Å²) >= 11 is 3.41. The SMILES string of the molecule is CC1CN(c2ccc(NC(=O)c3ccccc3Br)cc2)C(C)CO1. The molecule has 126 valence electrons. The molecule has 5 heteroatoms. The lowest BCUT2D eigenvalue weighted by Gasteiger charge is -2.38. The number of ether oxygens (including phenoxy) is 1. The maximum Gasteiger partial charge on any atom is 0.256 e. The minimum Gasteiger partial charge on any atom is -0.375 e. The average Bonchev–Trinajstić information content (AvgIpc) is 2.58. The van der Waals surface area contributed by atoms with Crippen LogP contribution in [0.4, 0.5) is 11.4 Å². The fourth-order valence-corrected chi connectivity index (χ4v) is 3.31. The van der Waals surface area contributed by atoms with Crippen LogP contribution < -0.4 is 10.2 Å².